The van der Waals surface area contributed by atoms with Gasteiger partial charge in [-0.1, -0.05) is 5.16 Å². The van der Waals surface area contributed by atoms with E-state index in [4.69, 9.17) is 4.52 Å². The number of rotatable bonds is 5. The molecule has 0 unspecified atom stereocenters. The Morgan fingerprint density at radius 3 is 2.76 bits per heavy atom. The lowest BCUT2D eigenvalue weighted by Crippen LogP contribution is -2.37. The van der Waals surface area contributed by atoms with Gasteiger partial charge in [-0.25, -0.2) is 0 Å². The molecule has 2 aliphatic rings. The number of hydrogen-bond donors (Lipinski definition) is 1. The second kappa shape index (κ2) is 6.58. The summed E-state index contributed by atoms with van der Waals surface area (Å²) in [6.45, 7) is 8.67. The molecule has 1 fully saturated rings. The number of aromatic nitrogens is 1. The Morgan fingerprint density at radius 1 is 1.24 bits per heavy atom. The van der Waals surface area contributed by atoms with Gasteiger partial charge >= 0.3 is 0 Å². The van der Waals surface area contributed by atoms with E-state index >= 15 is 0 Å². The molecule has 3 rings (SSSR count). The zero-order valence-corrected chi connectivity index (χ0v) is 12.7. The van der Waals surface area contributed by atoms with Crippen molar-refractivity contribution < 1.29 is 9.32 Å². The number of hydrogen-bond acceptors (Lipinski definition) is 5. The summed E-state index contributed by atoms with van der Waals surface area (Å²) >= 11 is 0. The number of nitrogens with one attached hydrogen (secondary N) is 1. The van der Waals surface area contributed by atoms with Crippen LogP contribution in [0.3, 0.4) is 0 Å². The Hall–Kier alpha value is -1.40. The van der Waals surface area contributed by atoms with E-state index in [0.29, 0.717) is 6.54 Å². The first kappa shape index (κ1) is 14.5. The molecule has 21 heavy (non-hydrogen) atoms. The Bertz CT molecular complexity index is 494. The van der Waals surface area contributed by atoms with Crippen LogP contribution in [0.25, 0.3) is 0 Å². The Balaban J connectivity index is 1.55. The van der Waals surface area contributed by atoms with Gasteiger partial charge in [0.1, 0.15) is 11.5 Å². The van der Waals surface area contributed by atoms with E-state index in [0.717, 1.165) is 44.1 Å². The van der Waals surface area contributed by atoms with Crippen molar-refractivity contribution in [1.82, 2.24) is 20.3 Å². The molecule has 3 heterocycles. The standard InChI is InChI=1S/C15H24N4O2/c1-12(20)16-10-14-13-11-19(7-4-15(13)21-17-14)9-8-18-5-2-3-6-18/h2-11H2,1H3,(H,16,20). The highest BCUT2D eigenvalue weighted by atomic mass is 16.5. The molecule has 0 spiro atoms. The average Bonchev–Trinajstić information content (AvgIpc) is 3.12. The molecular weight excluding hydrogens is 268 g/mol. The minimum absolute atomic E-state index is 0.0338. The molecule has 1 aromatic heterocycles. The fraction of sp³-hybridized carbons (Fsp3) is 0.733. The van der Waals surface area contributed by atoms with Gasteiger partial charge in [-0.2, -0.15) is 0 Å². The van der Waals surface area contributed by atoms with Gasteiger partial charge in [-0.15, -0.1) is 0 Å². The average molecular weight is 292 g/mol. The third-order valence-corrected chi connectivity index (χ3v) is 4.42. The molecule has 0 bridgehead atoms. The van der Waals surface area contributed by atoms with E-state index in [2.05, 4.69) is 20.3 Å². The summed E-state index contributed by atoms with van der Waals surface area (Å²) in [5.41, 5.74) is 2.06. The van der Waals surface area contributed by atoms with Gasteiger partial charge in [0.25, 0.3) is 0 Å². The van der Waals surface area contributed by atoms with E-state index in [9.17, 15) is 4.79 Å². The minimum Gasteiger partial charge on any atom is -0.361 e. The van der Waals surface area contributed by atoms with Crippen molar-refractivity contribution >= 4 is 5.91 Å². The SMILES string of the molecule is CC(=O)NCc1noc2c1CN(CCN1CCCC1)CC2. The zero-order chi connectivity index (χ0) is 14.7. The highest BCUT2D eigenvalue weighted by molar-refractivity contribution is 5.72. The zero-order valence-electron chi connectivity index (χ0n) is 12.7. The first-order chi connectivity index (χ1) is 10.2. The second-order valence-corrected chi connectivity index (χ2v) is 6.02. The molecule has 6 heteroatoms. The molecule has 6 nitrogen and oxygen atoms in total. The molecule has 1 saturated heterocycles. The largest absolute Gasteiger partial charge is 0.361 e. The van der Waals surface area contributed by atoms with Crippen LogP contribution in [-0.2, 0) is 24.3 Å². The molecule has 0 aromatic carbocycles. The quantitative estimate of drug-likeness (QED) is 0.868. The van der Waals surface area contributed by atoms with Crippen LogP contribution >= 0.6 is 0 Å². The summed E-state index contributed by atoms with van der Waals surface area (Å²) in [4.78, 5) is 16.0. The van der Waals surface area contributed by atoms with Crippen molar-refractivity contribution in [2.45, 2.75) is 39.3 Å². The lowest BCUT2D eigenvalue weighted by Gasteiger charge is -2.28. The van der Waals surface area contributed by atoms with Crippen LogP contribution in [0.1, 0.15) is 36.8 Å². The smallest absolute Gasteiger partial charge is 0.217 e. The molecule has 0 aliphatic carbocycles. The number of carbonyl (C=O) groups is 1. The maximum Gasteiger partial charge on any atom is 0.217 e. The molecule has 0 radical (unpaired) electrons. The number of amides is 1. The Labute approximate surface area is 125 Å². The first-order valence-corrected chi connectivity index (χ1v) is 7.88. The van der Waals surface area contributed by atoms with Crippen LogP contribution in [0.2, 0.25) is 0 Å². The van der Waals surface area contributed by atoms with Crippen molar-refractivity contribution in [3.63, 3.8) is 0 Å². The highest BCUT2D eigenvalue weighted by Gasteiger charge is 2.24. The lowest BCUT2D eigenvalue weighted by atomic mass is 10.1. The number of nitrogens with zero attached hydrogens (tertiary/aromatic N) is 3. The predicted octanol–water partition coefficient (Wildman–Crippen LogP) is 0.765. The summed E-state index contributed by atoms with van der Waals surface area (Å²) in [6, 6.07) is 0. The van der Waals surface area contributed by atoms with E-state index in [1.165, 1.54) is 38.4 Å². The van der Waals surface area contributed by atoms with Crippen molar-refractivity contribution in [2.75, 3.05) is 32.7 Å². The predicted molar refractivity (Wildman–Crippen MR) is 78.7 cm³/mol. The third kappa shape index (κ3) is 3.63. The van der Waals surface area contributed by atoms with Gasteiger partial charge in [0.15, 0.2) is 0 Å². The highest BCUT2D eigenvalue weighted by Crippen LogP contribution is 2.22. The van der Waals surface area contributed by atoms with Gasteiger partial charge in [-0.3, -0.25) is 9.69 Å². The van der Waals surface area contributed by atoms with E-state index in [1.54, 1.807) is 0 Å². The van der Waals surface area contributed by atoms with Crippen molar-refractivity contribution in [3.8, 4) is 0 Å². The maximum atomic E-state index is 11.0. The molecular formula is C15H24N4O2. The summed E-state index contributed by atoms with van der Waals surface area (Å²) in [7, 11) is 0. The van der Waals surface area contributed by atoms with Crippen LogP contribution < -0.4 is 5.32 Å². The van der Waals surface area contributed by atoms with Crippen LogP contribution in [-0.4, -0.2) is 53.6 Å². The van der Waals surface area contributed by atoms with Crippen LogP contribution in [0.15, 0.2) is 4.52 Å². The molecule has 1 amide bonds. The van der Waals surface area contributed by atoms with E-state index in [1.807, 2.05) is 0 Å². The summed E-state index contributed by atoms with van der Waals surface area (Å²) in [5.74, 6) is 0.959. The maximum absolute atomic E-state index is 11.0. The van der Waals surface area contributed by atoms with Gasteiger partial charge in [0, 0.05) is 45.1 Å². The molecule has 2 aliphatic heterocycles. The molecule has 1 N–H and O–H groups in total. The van der Waals surface area contributed by atoms with E-state index < -0.39 is 0 Å². The Kier molecular flexibility index (Phi) is 4.55. The molecule has 0 saturated carbocycles. The fourth-order valence-corrected chi connectivity index (χ4v) is 3.15. The number of likely N-dealkylation sites (tertiary alicyclic amines) is 1. The minimum atomic E-state index is -0.0338. The second-order valence-electron chi connectivity index (χ2n) is 6.02. The molecule has 1 aromatic rings. The van der Waals surface area contributed by atoms with Crippen molar-refractivity contribution in [2.24, 2.45) is 0 Å². The fourth-order valence-electron chi connectivity index (χ4n) is 3.15. The normalized spacial score (nSPS) is 19.7. The van der Waals surface area contributed by atoms with Gasteiger partial charge in [-0.05, 0) is 25.9 Å². The lowest BCUT2D eigenvalue weighted by molar-refractivity contribution is -0.119. The van der Waals surface area contributed by atoms with Crippen molar-refractivity contribution in [1.29, 1.82) is 0 Å². The van der Waals surface area contributed by atoms with Crippen molar-refractivity contribution in [3.05, 3.63) is 17.0 Å². The molecule has 116 valence electrons. The van der Waals surface area contributed by atoms with E-state index in [-0.39, 0.29) is 5.91 Å². The number of fused-ring (bicyclic) bond motifs is 1. The summed E-state index contributed by atoms with van der Waals surface area (Å²) in [6.07, 6.45) is 3.61. The first-order valence-electron chi connectivity index (χ1n) is 7.88. The third-order valence-electron chi connectivity index (χ3n) is 4.42. The summed E-state index contributed by atoms with van der Waals surface area (Å²) in [5, 5.41) is 6.92. The summed E-state index contributed by atoms with van der Waals surface area (Å²) < 4.78 is 5.41. The van der Waals surface area contributed by atoms with Gasteiger partial charge in [0.05, 0.1) is 6.54 Å². The number of carbonyl (C=O) groups excluding carboxylic acids is 1. The Morgan fingerprint density at radius 2 is 2.00 bits per heavy atom. The molecule has 0 atom stereocenters. The van der Waals surface area contributed by atoms with Gasteiger partial charge < -0.3 is 14.7 Å². The van der Waals surface area contributed by atoms with Gasteiger partial charge in [0.2, 0.25) is 5.91 Å². The monoisotopic (exact) mass is 292 g/mol. The topological polar surface area (TPSA) is 61.6 Å². The van der Waals surface area contributed by atoms with Crippen LogP contribution in [0.5, 0.6) is 0 Å². The van der Waals surface area contributed by atoms with Crippen LogP contribution in [0.4, 0.5) is 0 Å². The van der Waals surface area contributed by atoms with Crippen LogP contribution in [0, 0.1) is 0 Å².